The molecule has 2 heterocycles. The number of imidazole rings is 1. The molecule has 0 aliphatic rings. The van der Waals surface area contributed by atoms with Gasteiger partial charge in [-0.2, -0.15) is 0 Å². The lowest BCUT2D eigenvalue weighted by atomic mass is 10.1. The first-order chi connectivity index (χ1) is 15.6. The standard InChI is InChI=1S/C25H25N3O4/c1-17-7-6-12-28-15-19(27-24(17)28)16-32-22-9-5-4-8-21(22)25(29)26-14-18-10-11-20(30-2)13-23(18)31-3/h4-13,15H,14,16H2,1-3H3,(H,26,29). The highest BCUT2D eigenvalue weighted by Crippen LogP contribution is 2.25. The van der Waals surface area contributed by atoms with E-state index in [1.165, 1.54) is 0 Å². The number of ether oxygens (including phenoxy) is 3. The van der Waals surface area contributed by atoms with E-state index in [0.717, 1.165) is 22.5 Å². The average Bonchev–Trinajstić information content (AvgIpc) is 3.26. The van der Waals surface area contributed by atoms with Crippen molar-refractivity contribution in [1.82, 2.24) is 14.7 Å². The summed E-state index contributed by atoms with van der Waals surface area (Å²) in [6.45, 7) is 2.59. The minimum atomic E-state index is -0.232. The fourth-order valence-corrected chi connectivity index (χ4v) is 3.47. The predicted molar refractivity (Wildman–Crippen MR) is 121 cm³/mol. The number of amides is 1. The molecule has 7 nitrogen and oxygen atoms in total. The van der Waals surface area contributed by atoms with Gasteiger partial charge in [0, 0.05) is 30.6 Å². The molecule has 0 radical (unpaired) electrons. The molecule has 32 heavy (non-hydrogen) atoms. The SMILES string of the molecule is COc1ccc(CNC(=O)c2ccccc2OCc2cn3cccc(C)c3n2)c(OC)c1. The number of aromatic nitrogens is 2. The number of rotatable bonds is 8. The van der Waals surface area contributed by atoms with Gasteiger partial charge >= 0.3 is 0 Å². The van der Waals surface area contributed by atoms with E-state index in [4.69, 9.17) is 14.2 Å². The monoisotopic (exact) mass is 431 g/mol. The highest BCUT2D eigenvalue weighted by Gasteiger charge is 2.14. The Morgan fingerprint density at radius 3 is 2.66 bits per heavy atom. The Labute approximate surface area is 186 Å². The first-order valence-corrected chi connectivity index (χ1v) is 10.2. The van der Waals surface area contributed by atoms with Crippen LogP contribution < -0.4 is 19.5 Å². The molecule has 0 saturated heterocycles. The second-order valence-electron chi connectivity index (χ2n) is 7.30. The molecule has 1 N–H and O–H groups in total. The second-order valence-corrected chi connectivity index (χ2v) is 7.30. The van der Waals surface area contributed by atoms with Crippen molar-refractivity contribution < 1.29 is 19.0 Å². The fourth-order valence-electron chi connectivity index (χ4n) is 3.47. The summed E-state index contributed by atoms with van der Waals surface area (Å²) in [4.78, 5) is 17.5. The number of carbonyl (C=O) groups excluding carboxylic acids is 1. The van der Waals surface area contributed by atoms with Crippen LogP contribution >= 0.6 is 0 Å². The molecule has 4 rings (SSSR count). The molecule has 0 unspecified atom stereocenters. The van der Waals surface area contributed by atoms with Crippen LogP contribution in [0.3, 0.4) is 0 Å². The largest absolute Gasteiger partial charge is 0.497 e. The number of para-hydroxylation sites is 1. The topological polar surface area (TPSA) is 74.1 Å². The maximum absolute atomic E-state index is 12.9. The Balaban J connectivity index is 1.45. The Morgan fingerprint density at radius 1 is 1.03 bits per heavy atom. The number of aryl methyl sites for hydroxylation is 1. The molecule has 2 aromatic heterocycles. The molecule has 0 saturated carbocycles. The first kappa shape index (κ1) is 21.2. The Kier molecular flexibility index (Phi) is 6.26. The van der Waals surface area contributed by atoms with Gasteiger partial charge in [-0.25, -0.2) is 4.98 Å². The maximum atomic E-state index is 12.9. The van der Waals surface area contributed by atoms with Crippen LogP contribution in [0.5, 0.6) is 17.2 Å². The van der Waals surface area contributed by atoms with Crippen LogP contribution in [0.25, 0.3) is 5.65 Å². The molecule has 0 spiro atoms. The summed E-state index contributed by atoms with van der Waals surface area (Å²) >= 11 is 0. The smallest absolute Gasteiger partial charge is 0.255 e. The third kappa shape index (κ3) is 4.51. The first-order valence-electron chi connectivity index (χ1n) is 10.2. The summed E-state index contributed by atoms with van der Waals surface area (Å²) in [5.74, 6) is 1.61. The number of fused-ring (bicyclic) bond motifs is 1. The van der Waals surface area contributed by atoms with E-state index in [-0.39, 0.29) is 12.5 Å². The third-order valence-electron chi connectivity index (χ3n) is 5.17. The summed E-state index contributed by atoms with van der Waals surface area (Å²) < 4.78 is 18.6. The number of nitrogens with one attached hydrogen (secondary N) is 1. The molecule has 0 atom stereocenters. The van der Waals surface area contributed by atoms with E-state index >= 15 is 0 Å². The van der Waals surface area contributed by atoms with Crippen molar-refractivity contribution in [3.8, 4) is 17.2 Å². The molecule has 0 bridgehead atoms. The third-order valence-corrected chi connectivity index (χ3v) is 5.17. The summed E-state index contributed by atoms with van der Waals surface area (Å²) in [5.41, 5.74) is 4.08. The zero-order chi connectivity index (χ0) is 22.5. The van der Waals surface area contributed by atoms with Crippen LogP contribution in [0.4, 0.5) is 0 Å². The van der Waals surface area contributed by atoms with Crippen molar-refractivity contribution in [1.29, 1.82) is 0 Å². The van der Waals surface area contributed by atoms with Crippen LogP contribution in [0.2, 0.25) is 0 Å². The Hall–Kier alpha value is -4.00. The van der Waals surface area contributed by atoms with Crippen molar-refractivity contribution in [3.63, 3.8) is 0 Å². The van der Waals surface area contributed by atoms with Gasteiger partial charge in [-0.1, -0.05) is 18.2 Å². The van der Waals surface area contributed by atoms with Gasteiger partial charge < -0.3 is 23.9 Å². The van der Waals surface area contributed by atoms with Gasteiger partial charge in [0.05, 0.1) is 25.5 Å². The van der Waals surface area contributed by atoms with E-state index in [2.05, 4.69) is 10.3 Å². The molecule has 7 heteroatoms. The second kappa shape index (κ2) is 9.43. The zero-order valence-corrected chi connectivity index (χ0v) is 18.3. The minimum Gasteiger partial charge on any atom is -0.497 e. The number of hydrogen-bond donors (Lipinski definition) is 1. The van der Waals surface area contributed by atoms with E-state index < -0.39 is 0 Å². The molecular weight excluding hydrogens is 406 g/mol. The lowest BCUT2D eigenvalue weighted by molar-refractivity contribution is 0.0946. The number of pyridine rings is 1. The van der Waals surface area contributed by atoms with Crippen LogP contribution in [-0.4, -0.2) is 29.5 Å². The highest BCUT2D eigenvalue weighted by molar-refractivity contribution is 5.96. The maximum Gasteiger partial charge on any atom is 0.255 e. The molecule has 0 aliphatic carbocycles. The number of hydrogen-bond acceptors (Lipinski definition) is 5. The quantitative estimate of drug-likeness (QED) is 0.453. The molecule has 4 aromatic rings. The molecule has 0 fully saturated rings. The average molecular weight is 431 g/mol. The van der Waals surface area contributed by atoms with Crippen LogP contribution in [0.15, 0.2) is 67.0 Å². The Bertz CT molecular complexity index is 1250. The lowest BCUT2D eigenvalue weighted by Crippen LogP contribution is -2.23. The van der Waals surface area contributed by atoms with E-state index in [1.54, 1.807) is 32.4 Å². The lowest BCUT2D eigenvalue weighted by Gasteiger charge is -2.13. The minimum absolute atomic E-state index is 0.232. The van der Waals surface area contributed by atoms with Gasteiger partial charge in [-0.3, -0.25) is 4.79 Å². The van der Waals surface area contributed by atoms with Crippen LogP contribution in [-0.2, 0) is 13.2 Å². The summed E-state index contributed by atoms with van der Waals surface area (Å²) in [7, 11) is 3.19. The predicted octanol–water partition coefficient (Wildman–Crippen LogP) is 4.17. The van der Waals surface area contributed by atoms with Gasteiger partial charge in [0.1, 0.15) is 29.5 Å². The van der Waals surface area contributed by atoms with Crippen molar-refractivity contribution >= 4 is 11.6 Å². The van der Waals surface area contributed by atoms with Crippen LogP contribution in [0.1, 0.15) is 27.2 Å². The van der Waals surface area contributed by atoms with Crippen LogP contribution in [0, 0.1) is 6.92 Å². The zero-order valence-electron chi connectivity index (χ0n) is 18.3. The highest BCUT2D eigenvalue weighted by atomic mass is 16.5. The van der Waals surface area contributed by atoms with E-state index in [1.807, 2.05) is 60.1 Å². The van der Waals surface area contributed by atoms with Gasteiger partial charge in [-0.05, 0) is 42.8 Å². The number of nitrogens with zero attached hydrogens (tertiary/aromatic N) is 2. The van der Waals surface area contributed by atoms with E-state index in [9.17, 15) is 4.79 Å². The van der Waals surface area contributed by atoms with Gasteiger partial charge in [0.25, 0.3) is 5.91 Å². The normalized spacial score (nSPS) is 10.7. The molecule has 1 amide bonds. The van der Waals surface area contributed by atoms with Gasteiger partial charge in [0.15, 0.2) is 0 Å². The molecule has 0 aliphatic heterocycles. The molecule has 2 aromatic carbocycles. The Morgan fingerprint density at radius 2 is 1.88 bits per heavy atom. The summed E-state index contributed by atoms with van der Waals surface area (Å²) in [6.07, 6.45) is 3.88. The van der Waals surface area contributed by atoms with Crippen molar-refractivity contribution in [3.05, 3.63) is 89.4 Å². The van der Waals surface area contributed by atoms with Crippen molar-refractivity contribution in [2.24, 2.45) is 0 Å². The molecular formula is C25H25N3O4. The van der Waals surface area contributed by atoms with Gasteiger partial charge in [-0.15, -0.1) is 0 Å². The summed E-state index contributed by atoms with van der Waals surface area (Å²) in [6, 6.07) is 16.7. The van der Waals surface area contributed by atoms with E-state index in [0.29, 0.717) is 29.4 Å². The van der Waals surface area contributed by atoms with Gasteiger partial charge in [0.2, 0.25) is 0 Å². The fraction of sp³-hybridized carbons (Fsp3) is 0.200. The van der Waals surface area contributed by atoms with Crippen molar-refractivity contribution in [2.75, 3.05) is 14.2 Å². The number of carbonyl (C=O) groups is 1. The number of methoxy groups -OCH3 is 2. The molecule has 164 valence electrons. The number of benzene rings is 2. The van der Waals surface area contributed by atoms with Crippen molar-refractivity contribution in [2.45, 2.75) is 20.1 Å². The summed E-state index contributed by atoms with van der Waals surface area (Å²) in [5, 5.41) is 2.94.